The van der Waals surface area contributed by atoms with Crippen molar-refractivity contribution in [2.24, 2.45) is 0 Å². The third kappa shape index (κ3) is 10.3. The highest BCUT2D eigenvalue weighted by Crippen LogP contribution is 2.38. The summed E-state index contributed by atoms with van der Waals surface area (Å²) < 4.78 is 13.1. The lowest BCUT2D eigenvalue weighted by molar-refractivity contribution is -0.252. The van der Waals surface area contributed by atoms with Crippen LogP contribution in [0.2, 0.25) is 0 Å². The minimum atomic E-state index is -0.838. The van der Waals surface area contributed by atoms with E-state index in [1.54, 1.807) is 0 Å². The maximum Gasteiger partial charge on any atom is 0.303 e. The van der Waals surface area contributed by atoms with Crippen LogP contribution in [0.25, 0.3) is 11.1 Å². The van der Waals surface area contributed by atoms with Crippen molar-refractivity contribution in [3.63, 3.8) is 0 Å². The second kappa shape index (κ2) is 17.0. The quantitative estimate of drug-likeness (QED) is 0.123. The highest BCUT2D eigenvalue weighted by Gasteiger charge is 2.32. The molecule has 3 N–H and O–H groups in total. The van der Waals surface area contributed by atoms with Gasteiger partial charge in [0.1, 0.15) is 0 Å². The smallest absolute Gasteiger partial charge is 0.303 e. The summed E-state index contributed by atoms with van der Waals surface area (Å²) in [6.45, 7) is 1.99. The Balaban J connectivity index is 1.24. The highest BCUT2D eigenvalue weighted by atomic mass is 16.7. The van der Waals surface area contributed by atoms with Crippen LogP contribution < -0.4 is 5.32 Å². The molecule has 0 bridgehead atoms. The van der Waals surface area contributed by atoms with E-state index in [0.29, 0.717) is 25.8 Å². The Morgan fingerprint density at radius 1 is 0.787 bits per heavy atom. The monoisotopic (exact) mass is 636 g/mol. The van der Waals surface area contributed by atoms with E-state index >= 15 is 0 Å². The SMILES string of the molecule is CN(Cc1ccccc1)C[C@H]1C[C@@H](c2ccc(CO)cc2)O[C@@H](c2ccc(-c3cccc(CNC(=O)CCCCC(=O)O)c3)cc2)O1. The Labute approximate surface area is 277 Å². The second-order valence-electron chi connectivity index (χ2n) is 12.2. The van der Waals surface area contributed by atoms with Crippen LogP contribution in [0, 0.1) is 0 Å². The van der Waals surface area contributed by atoms with Crippen LogP contribution >= 0.6 is 0 Å². The molecule has 0 spiro atoms. The van der Waals surface area contributed by atoms with Crippen molar-refractivity contribution in [1.29, 1.82) is 0 Å². The highest BCUT2D eigenvalue weighted by molar-refractivity contribution is 5.76. The van der Waals surface area contributed by atoms with E-state index in [-0.39, 0.29) is 31.1 Å². The van der Waals surface area contributed by atoms with E-state index < -0.39 is 12.3 Å². The lowest BCUT2D eigenvalue weighted by atomic mass is 9.99. The molecule has 4 aromatic carbocycles. The number of aliphatic hydroxyl groups excluding tert-OH is 1. The topological polar surface area (TPSA) is 108 Å². The molecular formula is C39H44N2O6. The van der Waals surface area contributed by atoms with Crippen molar-refractivity contribution in [2.45, 2.75) is 70.3 Å². The molecule has 8 heteroatoms. The summed E-state index contributed by atoms with van der Waals surface area (Å²) >= 11 is 0. The molecule has 4 aromatic rings. The van der Waals surface area contributed by atoms with Crippen molar-refractivity contribution in [2.75, 3.05) is 13.6 Å². The standard InChI is InChI=1S/C39H44N2O6/c1-41(25-28-8-3-2-4-9-28)26-35-23-36(32-16-14-29(27-42)15-17-32)47-39(46-35)33-20-18-31(19-21-33)34-11-7-10-30(22-34)24-40-37(43)12-5-6-13-38(44)45/h2-4,7-11,14-22,35-36,39,42H,5-6,12-13,23-27H2,1H3,(H,40,43)(H,44,45)/t35-,36+,39+/m1/s1. The molecule has 8 nitrogen and oxygen atoms in total. The van der Waals surface area contributed by atoms with Crippen LogP contribution in [0.5, 0.6) is 0 Å². The second-order valence-corrected chi connectivity index (χ2v) is 12.2. The third-order valence-electron chi connectivity index (χ3n) is 8.40. The summed E-state index contributed by atoms with van der Waals surface area (Å²) in [5, 5.41) is 21.2. The number of aliphatic carboxylic acids is 1. The van der Waals surface area contributed by atoms with E-state index in [1.807, 2.05) is 60.7 Å². The summed E-state index contributed by atoms with van der Waals surface area (Å²) in [6, 6.07) is 34.7. The van der Waals surface area contributed by atoms with Gasteiger partial charge in [0.2, 0.25) is 5.91 Å². The Kier molecular flexibility index (Phi) is 12.3. The molecule has 0 radical (unpaired) electrons. The van der Waals surface area contributed by atoms with Gasteiger partial charge in [0.25, 0.3) is 0 Å². The number of carboxylic acids is 1. The molecule has 0 aromatic heterocycles. The van der Waals surface area contributed by atoms with Crippen LogP contribution in [0.3, 0.4) is 0 Å². The van der Waals surface area contributed by atoms with Gasteiger partial charge in [-0.3, -0.25) is 14.5 Å². The first-order valence-electron chi connectivity index (χ1n) is 16.3. The molecule has 246 valence electrons. The summed E-state index contributed by atoms with van der Waals surface area (Å²) in [5.74, 6) is -0.917. The van der Waals surface area contributed by atoms with Crippen LogP contribution in [0.4, 0.5) is 0 Å². The number of nitrogens with one attached hydrogen (secondary N) is 1. The lowest BCUT2D eigenvalue weighted by Gasteiger charge is -2.38. The van der Waals surface area contributed by atoms with Gasteiger partial charge in [0, 0.05) is 44.5 Å². The van der Waals surface area contributed by atoms with Crippen LogP contribution in [-0.2, 0) is 38.8 Å². The Morgan fingerprint density at radius 2 is 1.49 bits per heavy atom. The molecule has 0 saturated carbocycles. The number of hydrogen-bond donors (Lipinski definition) is 3. The average Bonchev–Trinajstić information content (AvgIpc) is 3.09. The summed E-state index contributed by atoms with van der Waals surface area (Å²) in [5.41, 5.74) is 7.19. The number of rotatable bonds is 15. The van der Waals surface area contributed by atoms with Gasteiger partial charge in [0.05, 0.1) is 18.8 Å². The van der Waals surface area contributed by atoms with Crippen molar-refractivity contribution in [3.8, 4) is 11.1 Å². The predicted octanol–water partition coefficient (Wildman–Crippen LogP) is 6.78. The van der Waals surface area contributed by atoms with Gasteiger partial charge in [-0.1, -0.05) is 97.1 Å². The van der Waals surface area contributed by atoms with E-state index in [1.165, 1.54) is 5.56 Å². The van der Waals surface area contributed by atoms with Crippen LogP contribution in [-0.4, -0.2) is 46.7 Å². The largest absolute Gasteiger partial charge is 0.481 e. The number of carbonyl (C=O) groups excluding carboxylic acids is 1. The maximum atomic E-state index is 12.2. The zero-order valence-corrected chi connectivity index (χ0v) is 26.9. The van der Waals surface area contributed by atoms with Gasteiger partial charge in [-0.2, -0.15) is 0 Å². The lowest BCUT2D eigenvalue weighted by Crippen LogP contribution is -2.37. The predicted molar refractivity (Wildman–Crippen MR) is 181 cm³/mol. The molecule has 47 heavy (non-hydrogen) atoms. The molecule has 0 unspecified atom stereocenters. The van der Waals surface area contributed by atoms with Crippen molar-refractivity contribution >= 4 is 11.9 Å². The van der Waals surface area contributed by atoms with E-state index in [9.17, 15) is 14.7 Å². The molecule has 1 amide bonds. The first-order valence-corrected chi connectivity index (χ1v) is 16.3. The molecule has 1 saturated heterocycles. The van der Waals surface area contributed by atoms with E-state index in [0.717, 1.165) is 52.9 Å². The molecule has 1 aliphatic heterocycles. The van der Waals surface area contributed by atoms with E-state index in [4.69, 9.17) is 14.6 Å². The first-order chi connectivity index (χ1) is 22.9. The Bertz CT molecular complexity index is 1580. The number of carbonyl (C=O) groups is 2. The average molecular weight is 637 g/mol. The number of likely N-dealkylation sites (N-methyl/N-ethyl adjacent to an activating group) is 1. The normalized spacial score (nSPS) is 17.8. The summed E-state index contributed by atoms with van der Waals surface area (Å²) in [4.78, 5) is 25.2. The molecule has 1 heterocycles. The first kappa shape index (κ1) is 34.0. The number of nitrogens with zero attached hydrogens (tertiary/aromatic N) is 1. The van der Waals surface area contributed by atoms with Gasteiger partial charge >= 0.3 is 5.97 Å². The van der Waals surface area contributed by atoms with Gasteiger partial charge < -0.3 is 25.0 Å². The Morgan fingerprint density at radius 3 is 2.21 bits per heavy atom. The van der Waals surface area contributed by atoms with Gasteiger partial charge in [0.15, 0.2) is 6.29 Å². The Hall–Kier alpha value is -4.34. The number of unbranched alkanes of at least 4 members (excludes halogenated alkanes) is 1. The molecule has 5 rings (SSSR count). The number of hydrogen-bond acceptors (Lipinski definition) is 6. The summed E-state index contributed by atoms with van der Waals surface area (Å²) in [7, 11) is 2.11. The van der Waals surface area contributed by atoms with Crippen LogP contribution in [0.1, 0.15) is 72.3 Å². The van der Waals surface area contributed by atoms with E-state index in [2.05, 4.69) is 59.7 Å². The number of benzene rings is 4. The van der Waals surface area contributed by atoms with Crippen LogP contribution in [0.15, 0.2) is 103 Å². The maximum absolute atomic E-state index is 12.2. The van der Waals surface area contributed by atoms with Gasteiger partial charge in [-0.05, 0) is 59.3 Å². The number of amides is 1. The van der Waals surface area contributed by atoms with Crippen molar-refractivity contribution < 1.29 is 29.3 Å². The van der Waals surface area contributed by atoms with Crippen molar-refractivity contribution in [1.82, 2.24) is 10.2 Å². The molecule has 3 atom stereocenters. The zero-order chi connectivity index (χ0) is 33.0. The minimum absolute atomic E-state index is 0.00448. The number of aliphatic hydroxyl groups is 1. The van der Waals surface area contributed by atoms with Gasteiger partial charge in [-0.15, -0.1) is 0 Å². The fourth-order valence-corrected chi connectivity index (χ4v) is 5.88. The fourth-order valence-electron chi connectivity index (χ4n) is 5.88. The molecule has 1 aliphatic rings. The molecular weight excluding hydrogens is 592 g/mol. The third-order valence-corrected chi connectivity index (χ3v) is 8.40. The fraction of sp³-hybridized carbons (Fsp3) is 0.333. The van der Waals surface area contributed by atoms with Crippen molar-refractivity contribution in [3.05, 3.63) is 131 Å². The van der Waals surface area contributed by atoms with Gasteiger partial charge in [-0.25, -0.2) is 0 Å². The number of ether oxygens (including phenoxy) is 2. The summed E-state index contributed by atoms with van der Waals surface area (Å²) in [6.07, 6.45) is 1.44. The number of carboxylic acid groups (broad SMARTS) is 1. The molecule has 0 aliphatic carbocycles. The minimum Gasteiger partial charge on any atom is -0.481 e. The zero-order valence-electron chi connectivity index (χ0n) is 26.9. The molecule has 1 fully saturated rings.